The molecule has 5 heteroatoms. The monoisotopic (exact) mass is 322 g/mol. The lowest BCUT2D eigenvalue weighted by atomic mass is 10.1. The second kappa shape index (κ2) is 7.15. The van der Waals surface area contributed by atoms with Gasteiger partial charge in [-0.25, -0.2) is 4.68 Å². The van der Waals surface area contributed by atoms with E-state index in [2.05, 4.69) is 41.4 Å². The van der Waals surface area contributed by atoms with Crippen LogP contribution in [0.3, 0.4) is 0 Å². The zero-order valence-electron chi connectivity index (χ0n) is 12.9. The first-order valence-electron chi connectivity index (χ1n) is 7.36. The van der Waals surface area contributed by atoms with Crippen LogP contribution in [0.5, 0.6) is 0 Å². The fourth-order valence-corrected chi connectivity index (χ4v) is 2.81. The molecular weight excluding hydrogens is 304 g/mol. The van der Waals surface area contributed by atoms with E-state index in [1.54, 1.807) is 16.4 Å². The predicted octanol–water partition coefficient (Wildman–Crippen LogP) is 3.77. The molecule has 1 aromatic heterocycles. The molecule has 0 saturated carbocycles. The van der Waals surface area contributed by atoms with Gasteiger partial charge in [-0.2, -0.15) is 0 Å². The molecule has 2 aromatic carbocycles. The quantitative estimate of drug-likeness (QED) is 0.574. The van der Waals surface area contributed by atoms with E-state index in [1.807, 2.05) is 42.5 Å². The van der Waals surface area contributed by atoms with Crippen molar-refractivity contribution < 1.29 is 0 Å². The van der Waals surface area contributed by atoms with Crippen LogP contribution in [-0.4, -0.2) is 20.6 Å². The Morgan fingerprint density at radius 2 is 1.78 bits per heavy atom. The minimum Gasteiger partial charge on any atom is -0.335 e. The molecule has 0 atom stereocenters. The summed E-state index contributed by atoms with van der Waals surface area (Å²) in [6.45, 7) is 2.05. The first-order chi connectivity index (χ1) is 11.2. The number of thioether (sulfide) groups is 1. The Bertz CT molecular complexity index is 792. The van der Waals surface area contributed by atoms with Gasteiger partial charge in [0.05, 0.1) is 0 Å². The Kier molecular flexibility index (Phi) is 4.78. The minimum atomic E-state index is 0.680. The fraction of sp³-hybridized carbons (Fsp3) is 0.111. The van der Waals surface area contributed by atoms with Gasteiger partial charge in [-0.3, -0.25) is 0 Å². The van der Waals surface area contributed by atoms with Crippen LogP contribution in [0.4, 0.5) is 0 Å². The van der Waals surface area contributed by atoms with Crippen molar-refractivity contribution in [3.63, 3.8) is 0 Å². The number of aromatic nitrogens is 3. The van der Waals surface area contributed by atoms with E-state index < -0.39 is 0 Å². The Morgan fingerprint density at radius 3 is 2.52 bits per heavy atom. The minimum absolute atomic E-state index is 0.680. The van der Waals surface area contributed by atoms with Gasteiger partial charge in [-0.1, -0.05) is 84.1 Å². The highest BCUT2D eigenvalue weighted by Crippen LogP contribution is 2.22. The average Bonchev–Trinajstić information content (AvgIpc) is 2.94. The maximum absolute atomic E-state index is 6.11. The standard InChI is InChI=1S/C18H18N4S/c1-14-9-11-16(12-10-14)17-20-21-18(22(17)19)23-13-5-8-15-6-3-2-4-7-15/h2-12H,13,19H2,1H3/b8-5+. The molecule has 116 valence electrons. The number of rotatable bonds is 5. The summed E-state index contributed by atoms with van der Waals surface area (Å²) in [5, 5.41) is 9.08. The second-order valence-corrected chi connectivity index (χ2v) is 6.15. The van der Waals surface area contributed by atoms with Crippen LogP contribution in [-0.2, 0) is 0 Å². The summed E-state index contributed by atoms with van der Waals surface area (Å²) in [6.07, 6.45) is 4.19. The van der Waals surface area contributed by atoms with Gasteiger partial charge < -0.3 is 5.84 Å². The summed E-state index contributed by atoms with van der Waals surface area (Å²) in [6, 6.07) is 18.3. The molecule has 1 heterocycles. The van der Waals surface area contributed by atoms with Crippen LogP contribution < -0.4 is 5.84 Å². The van der Waals surface area contributed by atoms with Gasteiger partial charge in [-0.15, -0.1) is 10.2 Å². The number of nitrogen functional groups attached to an aromatic ring is 1. The van der Waals surface area contributed by atoms with Crippen LogP contribution >= 0.6 is 11.8 Å². The third-order valence-corrected chi connectivity index (χ3v) is 4.29. The molecule has 3 rings (SSSR count). The molecule has 3 aromatic rings. The van der Waals surface area contributed by atoms with Gasteiger partial charge >= 0.3 is 0 Å². The summed E-state index contributed by atoms with van der Waals surface area (Å²) in [4.78, 5) is 0. The molecule has 0 aliphatic heterocycles. The highest BCUT2D eigenvalue weighted by Gasteiger charge is 2.11. The zero-order valence-corrected chi connectivity index (χ0v) is 13.7. The van der Waals surface area contributed by atoms with Gasteiger partial charge in [0.15, 0.2) is 5.82 Å². The van der Waals surface area contributed by atoms with Crippen LogP contribution in [0, 0.1) is 6.92 Å². The van der Waals surface area contributed by atoms with Crippen LogP contribution in [0.15, 0.2) is 65.8 Å². The number of benzene rings is 2. The maximum Gasteiger partial charge on any atom is 0.210 e. The van der Waals surface area contributed by atoms with Gasteiger partial charge in [0.2, 0.25) is 5.16 Å². The molecule has 4 nitrogen and oxygen atoms in total. The fourth-order valence-electron chi connectivity index (χ4n) is 2.15. The van der Waals surface area contributed by atoms with E-state index in [0.29, 0.717) is 11.0 Å². The van der Waals surface area contributed by atoms with Crippen molar-refractivity contribution in [3.8, 4) is 11.4 Å². The van der Waals surface area contributed by atoms with E-state index in [-0.39, 0.29) is 0 Å². The summed E-state index contributed by atoms with van der Waals surface area (Å²) in [5.74, 6) is 7.58. The molecule has 0 fully saturated rings. The summed E-state index contributed by atoms with van der Waals surface area (Å²) in [7, 11) is 0. The van der Waals surface area contributed by atoms with Crippen molar-refractivity contribution in [2.24, 2.45) is 0 Å². The Hall–Kier alpha value is -2.53. The first-order valence-corrected chi connectivity index (χ1v) is 8.34. The second-order valence-electron chi connectivity index (χ2n) is 5.17. The van der Waals surface area contributed by atoms with Crippen LogP contribution in [0.2, 0.25) is 0 Å². The summed E-state index contributed by atoms with van der Waals surface area (Å²) >= 11 is 1.56. The number of nitrogens with two attached hydrogens (primary N) is 1. The lowest BCUT2D eigenvalue weighted by Gasteiger charge is -2.03. The van der Waals surface area contributed by atoms with E-state index in [0.717, 1.165) is 11.3 Å². The van der Waals surface area contributed by atoms with Crippen molar-refractivity contribution in [1.29, 1.82) is 0 Å². The highest BCUT2D eigenvalue weighted by molar-refractivity contribution is 7.99. The normalized spacial score (nSPS) is 11.2. The Morgan fingerprint density at radius 1 is 1.04 bits per heavy atom. The largest absolute Gasteiger partial charge is 0.335 e. The Balaban J connectivity index is 1.65. The first kappa shape index (κ1) is 15.4. The zero-order chi connectivity index (χ0) is 16.1. The summed E-state index contributed by atoms with van der Waals surface area (Å²) < 4.78 is 1.55. The molecule has 0 bridgehead atoms. The van der Waals surface area contributed by atoms with Gasteiger partial charge in [0, 0.05) is 11.3 Å². The van der Waals surface area contributed by atoms with Crippen molar-refractivity contribution >= 4 is 17.8 Å². The molecule has 2 N–H and O–H groups in total. The van der Waals surface area contributed by atoms with Crippen LogP contribution in [0.25, 0.3) is 17.5 Å². The number of nitrogens with zero attached hydrogens (tertiary/aromatic N) is 3. The molecule has 0 spiro atoms. The molecule has 0 aliphatic rings. The molecule has 0 unspecified atom stereocenters. The highest BCUT2D eigenvalue weighted by atomic mass is 32.2. The number of aryl methyl sites for hydroxylation is 1. The average molecular weight is 322 g/mol. The number of hydrogen-bond donors (Lipinski definition) is 1. The molecule has 23 heavy (non-hydrogen) atoms. The SMILES string of the molecule is Cc1ccc(-c2nnc(SC/C=C/c3ccccc3)n2N)cc1. The number of hydrogen-bond acceptors (Lipinski definition) is 4. The molecule has 0 amide bonds. The van der Waals surface area contributed by atoms with Crippen molar-refractivity contribution in [3.05, 3.63) is 71.8 Å². The lowest BCUT2D eigenvalue weighted by Crippen LogP contribution is -2.11. The third kappa shape index (κ3) is 3.81. The van der Waals surface area contributed by atoms with Crippen molar-refractivity contribution in [1.82, 2.24) is 14.9 Å². The molecule has 0 saturated heterocycles. The van der Waals surface area contributed by atoms with Crippen molar-refractivity contribution in [2.45, 2.75) is 12.1 Å². The Labute approximate surface area is 140 Å². The molecular formula is C18H18N4S. The van der Waals surface area contributed by atoms with Crippen molar-refractivity contribution in [2.75, 3.05) is 11.6 Å². The maximum atomic E-state index is 6.11. The smallest absolute Gasteiger partial charge is 0.210 e. The van der Waals surface area contributed by atoms with E-state index in [1.165, 1.54) is 11.1 Å². The van der Waals surface area contributed by atoms with E-state index >= 15 is 0 Å². The third-order valence-electron chi connectivity index (χ3n) is 3.39. The molecule has 0 radical (unpaired) electrons. The van der Waals surface area contributed by atoms with Gasteiger partial charge in [-0.05, 0) is 12.5 Å². The van der Waals surface area contributed by atoms with E-state index in [4.69, 9.17) is 5.84 Å². The lowest BCUT2D eigenvalue weighted by molar-refractivity contribution is 0.851. The topological polar surface area (TPSA) is 56.7 Å². The van der Waals surface area contributed by atoms with Gasteiger partial charge in [0.1, 0.15) is 0 Å². The summed E-state index contributed by atoms with van der Waals surface area (Å²) in [5.41, 5.74) is 3.36. The molecule has 0 aliphatic carbocycles. The predicted molar refractivity (Wildman–Crippen MR) is 96.5 cm³/mol. The van der Waals surface area contributed by atoms with Gasteiger partial charge in [0.25, 0.3) is 0 Å². The van der Waals surface area contributed by atoms with Crippen LogP contribution in [0.1, 0.15) is 11.1 Å². The van der Waals surface area contributed by atoms with E-state index in [9.17, 15) is 0 Å².